The van der Waals surface area contributed by atoms with Crippen molar-refractivity contribution >= 4 is 47.0 Å². The summed E-state index contributed by atoms with van der Waals surface area (Å²) in [6.45, 7) is 7.02. The van der Waals surface area contributed by atoms with Crippen LogP contribution in [0.15, 0.2) is 36.4 Å². The van der Waals surface area contributed by atoms with Gasteiger partial charge in [-0.05, 0) is 43.5 Å². The number of imide groups is 1. The Bertz CT molecular complexity index is 1500. The molecule has 0 saturated carbocycles. The molecule has 1 fully saturated rings. The monoisotopic (exact) mass is 788 g/mol. The van der Waals surface area contributed by atoms with Gasteiger partial charge in [-0.2, -0.15) is 0 Å². The third-order valence-electron chi connectivity index (χ3n) is 9.10. The molecule has 0 radical (unpaired) electrons. The number of nitrogens with one attached hydrogen (secondary N) is 5. The van der Waals surface area contributed by atoms with Crippen LogP contribution in [0.25, 0.3) is 0 Å². The summed E-state index contributed by atoms with van der Waals surface area (Å²) in [5.74, 6) is -3.47. The number of hydrogen-bond acceptors (Lipinski definition) is 13. The SMILES string of the molecule is CC(C)[C@H](NC(=O)CCOCCOCCNC(=O)CCN1C(=O)C=CC1=O)C(=O)N[C@@H](CCCNO)C(=O)Nc1ccc(C(O)C(=O)N2CCN(C)CC2)cc1. The van der Waals surface area contributed by atoms with Crippen LogP contribution in [0.1, 0.15) is 51.2 Å². The highest BCUT2D eigenvalue weighted by molar-refractivity contribution is 6.13. The van der Waals surface area contributed by atoms with E-state index < -0.39 is 47.7 Å². The minimum absolute atomic E-state index is 0.00432. The molecule has 7 amide bonds. The molecule has 3 rings (SSSR count). The Morgan fingerprint density at radius 2 is 1.45 bits per heavy atom. The fraction of sp³-hybridized carbons (Fsp3) is 0.595. The number of nitrogens with zero attached hydrogens (tertiary/aromatic N) is 3. The molecule has 3 atom stereocenters. The molecule has 1 aromatic carbocycles. The van der Waals surface area contributed by atoms with Gasteiger partial charge in [-0.25, -0.2) is 5.48 Å². The van der Waals surface area contributed by atoms with Crippen molar-refractivity contribution in [1.29, 1.82) is 0 Å². The highest BCUT2D eigenvalue weighted by atomic mass is 16.5. The van der Waals surface area contributed by atoms with Gasteiger partial charge in [-0.15, -0.1) is 0 Å². The van der Waals surface area contributed by atoms with Crippen molar-refractivity contribution in [2.75, 3.05) is 84.6 Å². The number of anilines is 1. The Morgan fingerprint density at radius 1 is 0.804 bits per heavy atom. The average Bonchev–Trinajstić information content (AvgIpc) is 3.50. The topological polar surface area (TPSA) is 248 Å². The van der Waals surface area contributed by atoms with Gasteiger partial charge in [0.25, 0.3) is 17.7 Å². The zero-order valence-electron chi connectivity index (χ0n) is 32.3. The second kappa shape index (κ2) is 24.0. The second-order valence-electron chi connectivity index (χ2n) is 13.8. The summed E-state index contributed by atoms with van der Waals surface area (Å²) in [4.78, 5) is 92.0. The minimum Gasteiger partial charge on any atom is -0.379 e. The fourth-order valence-corrected chi connectivity index (χ4v) is 5.72. The molecular weight excluding hydrogens is 732 g/mol. The minimum atomic E-state index is -1.34. The third-order valence-corrected chi connectivity index (χ3v) is 9.10. The Kier molecular flexibility index (Phi) is 19.5. The standard InChI is InChI=1S/C37H56N8O11/c1-25(2)33(42-30(47)13-21-55-23-24-56-22-15-38-29(46)12-16-45-31(48)10-11-32(45)49)36(52)41-28(5-4-14-39-54)35(51)40-27-8-6-26(7-9-27)34(50)37(53)44-19-17-43(3)18-20-44/h6-11,25,28,33-34,39,50,54H,4-5,12-24H2,1-3H3,(H,38,46)(H,40,51)(H,41,52)(H,42,47)/t28-,33-,34?/m0/s1. The molecule has 1 saturated heterocycles. The largest absolute Gasteiger partial charge is 0.379 e. The maximum atomic E-state index is 13.4. The average molecular weight is 789 g/mol. The number of hydroxylamine groups is 1. The van der Waals surface area contributed by atoms with E-state index in [9.17, 15) is 38.7 Å². The number of ether oxygens (including phenoxy) is 2. The number of benzene rings is 1. The van der Waals surface area contributed by atoms with Gasteiger partial charge in [-0.3, -0.25) is 38.5 Å². The maximum Gasteiger partial charge on any atom is 0.256 e. The smallest absolute Gasteiger partial charge is 0.256 e. The van der Waals surface area contributed by atoms with E-state index in [1.54, 1.807) is 43.0 Å². The van der Waals surface area contributed by atoms with E-state index in [0.717, 1.165) is 30.1 Å². The quantitative estimate of drug-likeness (QED) is 0.0365. The van der Waals surface area contributed by atoms with Crippen LogP contribution in [-0.2, 0) is 43.0 Å². The Balaban J connectivity index is 1.38. The number of piperazine rings is 1. The van der Waals surface area contributed by atoms with E-state index in [1.165, 1.54) is 0 Å². The van der Waals surface area contributed by atoms with Crippen molar-refractivity contribution in [2.24, 2.45) is 5.92 Å². The van der Waals surface area contributed by atoms with Crippen LogP contribution in [0.3, 0.4) is 0 Å². The molecule has 0 aliphatic carbocycles. The number of aliphatic hydroxyl groups is 1. The molecule has 7 N–H and O–H groups in total. The van der Waals surface area contributed by atoms with Gasteiger partial charge < -0.3 is 50.9 Å². The molecule has 1 aromatic rings. The normalized spacial score (nSPS) is 16.1. The first-order chi connectivity index (χ1) is 26.8. The molecule has 1 unspecified atom stereocenters. The van der Waals surface area contributed by atoms with Crippen molar-refractivity contribution in [1.82, 2.24) is 36.1 Å². The predicted molar refractivity (Wildman–Crippen MR) is 202 cm³/mol. The third kappa shape index (κ3) is 15.4. The first-order valence-electron chi connectivity index (χ1n) is 18.8. The molecule has 0 bridgehead atoms. The predicted octanol–water partition coefficient (Wildman–Crippen LogP) is -1.33. The lowest BCUT2D eigenvalue weighted by atomic mass is 10.0. The number of aliphatic hydroxyl groups excluding tert-OH is 1. The summed E-state index contributed by atoms with van der Waals surface area (Å²) in [6, 6.07) is 4.24. The number of carbonyl (C=O) groups excluding carboxylic acids is 7. The molecule has 19 nitrogen and oxygen atoms in total. The molecule has 0 aromatic heterocycles. The first-order valence-corrected chi connectivity index (χ1v) is 18.8. The van der Waals surface area contributed by atoms with Gasteiger partial charge in [-0.1, -0.05) is 26.0 Å². The molecule has 2 aliphatic heterocycles. The van der Waals surface area contributed by atoms with Gasteiger partial charge in [0.05, 0.1) is 26.4 Å². The van der Waals surface area contributed by atoms with Crippen molar-refractivity contribution in [3.63, 3.8) is 0 Å². The lowest BCUT2D eigenvalue weighted by molar-refractivity contribution is -0.142. The van der Waals surface area contributed by atoms with E-state index in [0.29, 0.717) is 30.8 Å². The summed E-state index contributed by atoms with van der Waals surface area (Å²) in [5, 5.41) is 30.5. The molecule has 56 heavy (non-hydrogen) atoms. The number of hydrogen-bond donors (Lipinski definition) is 7. The van der Waals surface area contributed by atoms with E-state index in [2.05, 4.69) is 26.2 Å². The molecule has 19 heteroatoms. The van der Waals surface area contributed by atoms with Crippen LogP contribution in [-0.4, -0.2) is 158 Å². The number of carbonyl (C=O) groups is 7. The van der Waals surface area contributed by atoms with E-state index >= 15 is 0 Å². The fourth-order valence-electron chi connectivity index (χ4n) is 5.72. The van der Waals surface area contributed by atoms with Crippen LogP contribution in [0.2, 0.25) is 0 Å². The molecular formula is C37H56N8O11. The molecule has 2 heterocycles. The summed E-state index contributed by atoms with van der Waals surface area (Å²) in [7, 11) is 1.97. The molecule has 310 valence electrons. The van der Waals surface area contributed by atoms with Crippen LogP contribution < -0.4 is 26.7 Å². The van der Waals surface area contributed by atoms with Crippen molar-refractivity contribution < 1.29 is 53.3 Å². The molecule has 2 aliphatic rings. The van der Waals surface area contributed by atoms with Crippen molar-refractivity contribution in [3.8, 4) is 0 Å². The Hall–Kier alpha value is -4.79. The van der Waals surface area contributed by atoms with Gasteiger partial charge in [0.15, 0.2) is 6.10 Å². The number of amides is 7. The van der Waals surface area contributed by atoms with Crippen LogP contribution >= 0.6 is 0 Å². The second-order valence-corrected chi connectivity index (χ2v) is 13.8. The summed E-state index contributed by atoms with van der Waals surface area (Å²) < 4.78 is 10.9. The van der Waals surface area contributed by atoms with Crippen LogP contribution in [0.4, 0.5) is 5.69 Å². The molecule has 0 spiro atoms. The van der Waals surface area contributed by atoms with Gasteiger partial charge >= 0.3 is 0 Å². The number of likely N-dealkylation sites (N-methyl/N-ethyl adjacent to an activating group) is 1. The maximum absolute atomic E-state index is 13.4. The van der Waals surface area contributed by atoms with E-state index in [-0.39, 0.29) is 83.1 Å². The van der Waals surface area contributed by atoms with Gasteiger partial charge in [0.2, 0.25) is 23.6 Å². The first kappa shape index (κ1) is 45.6. The van der Waals surface area contributed by atoms with E-state index in [4.69, 9.17) is 14.7 Å². The zero-order valence-corrected chi connectivity index (χ0v) is 32.3. The summed E-state index contributed by atoms with van der Waals surface area (Å²) in [6.07, 6.45) is 1.42. The lowest BCUT2D eigenvalue weighted by Crippen LogP contribution is -2.54. The lowest BCUT2D eigenvalue weighted by Gasteiger charge is -2.33. The summed E-state index contributed by atoms with van der Waals surface area (Å²) in [5.41, 5.74) is 2.79. The Labute approximate surface area is 326 Å². The van der Waals surface area contributed by atoms with Crippen molar-refractivity contribution in [3.05, 3.63) is 42.0 Å². The summed E-state index contributed by atoms with van der Waals surface area (Å²) >= 11 is 0. The number of rotatable bonds is 24. The van der Waals surface area contributed by atoms with Crippen molar-refractivity contribution in [2.45, 2.75) is 57.7 Å². The van der Waals surface area contributed by atoms with Gasteiger partial charge in [0, 0.05) is 76.5 Å². The highest BCUT2D eigenvalue weighted by Gasteiger charge is 2.30. The van der Waals surface area contributed by atoms with Crippen LogP contribution in [0, 0.1) is 5.92 Å². The Morgan fingerprint density at radius 3 is 2.07 bits per heavy atom. The van der Waals surface area contributed by atoms with E-state index in [1.807, 2.05) is 12.5 Å². The zero-order chi connectivity index (χ0) is 41.0. The highest BCUT2D eigenvalue weighted by Crippen LogP contribution is 2.20. The van der Waals surface area contributed by atoms with Crippen LogP contribution in [0.5, 0.6) is 0 Å². The van der Waals surface area contributed by atoms with Gasteiger partial charge in [0.1, 0.15) is 12.1 Å².